The average Bonchev–Trinajstić information content (AvgIpc) is 2.83. The normalized spacial score (nSPS) is 11.9. The quantitative estimate of drug-likeness (QED) is 0.676. The lowest BCUT2D eigenvalue weighted by atomic mass is 9.97. The first-order valence-corrected chi connectivity index (χ1v) is 7.30. The van der Waals surface area contributed by atoms with Crippen molar-refractivity contribution >= 4 is 11.6 Å². The Bertz CT molecular complexity index is 741. The molecule has 0 saturated heterocycles. The number of carbonyl (C=O) groups is 2. The van der Waals surface area contributed by atoms with Crippen LogP contribution in [-0.2, 0) is 17.6 Å². The molecular formula is C19H18O2. The predicted octanol–water partition coefficient (Wildman–Crippen LogP) is 3.98. The van der Waals surface area contributed by atoms with Gasteiger partial charge in [-0.05, 0) is 60.6 Å². The van der Waals surface area contributed by atoms with E-state index in [-0.39, 0.29) is 11.6 Å². The van der Waals surface area contributed by atoms with Crippen LogP contribution in [0.15, 0.2) is 36.4 Å². The van der Waals surface area contributed by atoms with Crippen molar-refractivity contribution in [1.29, 1.82) is 0 Å². The molecule has 106 valence electrons. The molecule has 0 radical (unpaired) electrons. The van der Waals surface area contributed by atoms with Crippen LogP contribution in [0.1, 0.15) is 47.3 Å². The van der Waals surface area contributed by atoms with Crippen molar-refractivity contribution in [1.82, 2.24) is 0 Å². The largest absolute Gasteiger partial charge is 0.300 e. The Morgan fingerprint density at radius 1 is 1.05 bits per heavy atom. The molecule has 0 unspecified atom stereocenters. The van der Waals surface area contributed by atoms with Gasteiger partial charge in [-0.15, -0.1) is 0 Å². The van der Waals surface area contributed by atoms with E-state index in [2.05, 4.69) is 18.2 Å². The van der Waals surface area contributed by atoms with Crippen LogP contribution in [0.5, 0.6) is 0 Å². The number of aryl methyl sites for hydroxylation is 1. The third-order valence-corrected chi connectivity index (χ3v) is 4.19. The number of ketones is 2. The van der Waals surface area contributed by atoms with E-state index in [1.807, 2.05) is 18.2 Å². The zero-order chi connectivity index (χ0) is 15.0. The first-order valence-electron chi connectivity index (χ1n) is 7.30. The summed E-state index contributed by atoms with van der Waals surface area (Å²) < 4.78 is 0. The minimum Gasteiger partial charge on any atom is -0.300 e. The third-order valence-electron chi connectivity index (χ3n) is 4.19. The van der Waals surface area contributed by atoms with Gasteiger partial charge in [-0.1, -0.05) is 30.3 Å². The molecule has 0 bridgehead atoms. The topological polar surface area (TPSA) is 34.1 Å². The van der Waals surface area contributed by atoms with Gasteiger partial charge in [-0.3, -0.25) is 4.79 Å². The molecule has 0 aromatic heterocycles. The molecule has 1 aliphatic carbocycles. The van der Waals surface area contributed by atoms with Crippen molar-refractivity contribution in [3.05, 3.63) is 58.7 Å². The summed E-state index contributed by atoms with van der Waals surface area (Å²) in [5.74, 6) is 0.326. The van der Waals surface area contributed by atoms with Crippen LogP contribution < -0.4 is 0 Å². The lowest BCUT2D eigenvalue weighted by molar-refractivity contribution is -0.116. The van der Waals surface area contributed by atoms with Crippen molar-refractivity contribution in [3.63, 3.8) is 0 Å². The second kappa shape index (κ2) is 5.28. The molecule has 0 N–H and O–H groups in total. The van der Waals surface area contributed by atoms with E-state index in [4.69, 9.17) is 0 Å². The van der Waals surface area contributed by atoms with Crippen molar-refractivity contribution in [2.24, 2.45) is 0 Å². The molecule has 2 nitrogen and oxygen atoms in total. The molecule has 21 heavy (non-hydrogen) atoms. The molecule has 0 spiro atoms. The number of benzene rings is 2. The molecule has 0 amide bonds. The van der Waals surface area contributed by atoms with Crippen molar-refractivity contribution in [3.8, 4) is 11.1 Å². The number of carbonyl (C=O) groups excluding carboxylic acids is 2. The van der Waals surface area contributed by atoms with Gasteiger partial charge in [0.05, 0.1) is 0 Å². The third kappa shape index (κ3) is 2.54. The summed E-state index contributed by atoms with van der Waals surface area (Å²) >= 11 is 0. The summed E-state index contributed by atoms with van der Waals surface area (Å²) in [5.41, 5.74) is 7.03. The molecule has 0 atom stereocenters. The summed E-state index contributed by atoms with van der Waals surface area (Å²) in [6, 6.07) is 12.3. The Hall–Kier alpha value is -2.22. The van der Waals surface area contributed by atoms with Crippen LogP contribution in [0.2, 0.25) is 0 Å². The van der Waals surface area contributed by atoms with Crippen molar-refractivity contribution in [2.75, 3.05) is 0 Å². The minimum absolute atomic E-state index is 0.102. The fourth-order valence-corrected chi connectivity index (χ4v) is 3.05. The monoisotopic (exact) mass is 278 g/mol. The lowest BCUT2D eigenvalue weighted by Crippen LogP contribution is -1.98. The van der Waals surface area contributed by atoms with Gasteiger partial charge < -0.3 is 4.79 Å². The lowest BCUT2D eigenvalue weighted by Gasteiger charge is -2.07. The zero-order valence-electron chi connectivity index (χ0n) is 12.4. The Labute approximate surface area is 124 Å². The Kier molecular flexibility index (Phi) is 3.46. The Morgan fingerprint density at radius 3 is 2.57 bits per heavy atom. The molecule has 2 aromatic rings. The van der Waals surface area contributed by atoms with Crippen LogP contribution in [0.3, 0.4) is 0 Å². The number of Topliss-reactive ketones (excluding diaryl/α,β-unsaturated/α-hetero) is 2. The zero-order valence-corrected chi connectivity index (χ0v) is 12.4. The van der Waals surface area contributed by atoms with Gasteiger partial charge >= 0.3 is 0 Å². The summed E-state index contributed by atoms with van der Waals surface area (Å²) in [4.78, 5) is 22.7. The van der Waals surface area contributed by atoms with Crippen molar-refractivity contribution in [2.45, 2.75) is 33.1 Å². The van der Waals surface area contributed by atoms with Gasteiger partial charge in [0.25, 0.3) is 0 Å². The smallest absolute Gasteiger partial charge is 0.159 e. The minimum atomic E-state index is 0.102. The standard InChI is InChI=1S/C19H18O2/c1-12(20)6-7-14-4-3-5-18-17-9-8-15(13(2)21)10-16(17)11-19(14)18/h3-5,8-10H,6-7,11H2,1-2H3. The first-order chi connectivity index (χ1) is 10.1. The molecule has 0 saturated carbocycles. The highest BCUT2D eigenvalue weighted by Crippen LogP contribution is 2.39. The summed E-state index contributed by atoms with van der Waals surface area (Å²) in [5, 5.41) is 0. The van der Waals surface area contributed by atoms with Crippen LogP contribution in [0, 0.1) is 0 Å². The highest BCUT2D eigenvalue weighted by Gasteiger charge is 2.21. The molecule has 2 aromatic carbocycles. The molecule has 1 aliphatic rings. The van der Waals surface area contributed by atoms with E-state index in [1.165, 1.54) is 27.8 Å². The summed E-state index contributed by atoms with van der Waals surface area (Å²) in [6.07, 6.45) is 2.25. The Balaban J connectivity index is 2.00. The van der Waals surface area contributed by atoms with E-state index in [1.54, 1.807) is 13.8 Å². The highest BCUT2D eigenvalue weighted by molar-refractivity contribution is 5.95. The van der Waals surface area contributed by atoms with Gasteiger partial charge in [-0.2, -0.15) is 0 Å². The summed E-state index contributed by atoms with van der Waals surface area (Å²) in [7, 11) is 0. The van der Waals surface area contributed by atoms with E-state index < -0.39 is 0 Å². The summed E-state index contributed by atoms with van der Waals surface area (Å²) in [6.45, 7) is 3.24. The first kappa shape index (κ1) is 13.7. The molecule has 0 heterocycles. The number of hydrogen-bond donors (Lipinski definition) is 0. The molecule has 2 heteroatoms. The second-order valence-corrected chi connectivity index (χ2v) is 5.75. The predicted molar refractivity (Wildman–Crippen MR) is 83.7 cm³/mol. The maximum Gasteiger partial charge on any atom is 0.159 e. The van der Waals surface area contributed by atoms with Crippen LogP contribution >= 0.6 is 0 Å². The maximum absolute atomic E-state index is 11.5. The number of rotatable bonds is 4. The number of hydrogen-bond acceptors (Lipinski definition) is 2. The van der Waals surface area contributed by atoms with E-state index in [9.17, 15) is 9.59 Å². The van der Waals surface area contributed by atoms with Gasteiger partial charge in [0.2, 0.25) is 0 Å². The van der Waals surface area contributed by atoms with Gasteiger partial charge in [0, 0.05) is 12.0 Å². The molecular weight excluding hydrogens is 260 g/mol. The Morgan fingerprint density at radius 2 is 1.86 bits per heavy atom. The van der Waals surface area contributed by atoms with Gasteiger partial charge in [-0.25, -0.2) is 0 Å². The average molecular weight is 278 g/mol. The fourth-order valence-electron chi connectivity index (χ4n) is 3.05. The maximum atomic E-state index is 11.5. The van der Waals surface area contributed by atoms with E-state index in [0.29, 0.717) is 6.42 Å². The van der Waals surface area contributed by atoms with E-state index in [0.717, 1.165) is 18.4 Å². The van der Waals surface area contributed by atoms with Gasteiger partial charge in [0.15, 0.2) is 5.78 Å². The SMILES string of the molecule is CC(=O)CCc1cccc2c1Cc1cc(C(C)=O)ccc1-2. The second-order valence-electron chi connectivity index (χ2n) is 5.75. The molecule has 0 fully saturated rings. The van der Waals surface area contributed by atoms with Gasteiger partial charge in [0.1, 0.15) is 5.78 Å². The molecule has 0 aliphatic heterocycles. The van der Waals surface area contributed by atoms with E-state index >= 15 is 0 Å². The molecule has 3 rings (SSSR count). The van der Waals surface area contributed by atoms with Crippen LogP contribution in [0.4, 0.5) is 0 Å². The van der Waals surface area contributed by atoms with Crippen molar-refractivity contribution < 1.29 is 9.59 Å². The number of fused-ring (bicyclic) bond motifs is 3. The van der Waals surface area contributed by atoms with Crippen LogP contribution in [0.25, 0.3) is 11.1 Å². The van der Waals surface area contributed by atoms with Crippen LogP contribution in [-0.4, -0.2) is 11.6 Å². The highest BCUT2D eigenvalue weighted by atomic mass is 16.1. The fraction of sp³-hybridized carbons (Fsp3) is 0.263.